The summed E-state index contributed by atoms with van der Waals surface area (Å²) in [6.45, 7) is 10.2. The van der Waals surface area contributed by atoms with Crippen molar-refractivity contribution in [1.29, 1.82) is 0 Å². The maximum absolute atomic E-state index is 12.1. The van der Waals surface area contributed by atoms with Crippen molar-refractivity contribution in [3.05, 3.63) is 16.0 Å². The van der Waals surface area contributed by atoms with Gasteiger partial charge in [-0.05, 0) is 40.2 Å². The van der Waals surface area contributed by atoms with E-state index in [9.17, 15) is 4.79 Å². The SMILES string of the molecule is CCOC(=O)c1c(N)sc2c1CC(C)(C)OC2(C)C. The van der Waals surface area contributed by atoms with E-state index in [4.69, 9.17) is 15.2 Å². The highest BCUT2D eigenvalue weighted by molar-refractivity contribution is 7.16. The molecule has 1 aromatic heterocycles. The van der Waals surface area contributed by atoms with Crippen molar-refractivity contribution in [2.24, 2.45) is 0 Å². The van der Waals surface area contributed by atoms with Crippen LogP contribution in [0.5, 0.6) is 0 Å². The molecule has 19 heavy (non-hydrogen) atoms. The predicted molar refractivity (Wildman–Crippen MR) is 76.6 cm³/mol. The van der Waals surface area contributed by atoms with E-state index in [1.54, 1.807) is 6.92 Å². The summed E-state index contributed by atoms with van der Waals surface area (Å²) in [4.78, 5) is 13.1. The monoisotopic (exact) mass is 283 g/mol. The van der Waals surface area contributed by atoms with Crippen molar-refractivity contribution >= 4 is 22.3 Å². The van der Waals surface area contributed by atoms with Crippen molar-refractivity contribution in [2.45, 2.75) is 52.2 Å². The number of anilines is 1. The van der Waals surface area contributed by atoms with Gasteiger partial charge in [0.05, 0.1) is 23.4 Å². The van der Waals surface area contributed by atoms with E-state index in [2.05, 4.69) is 0 Å². The highest BCUT2D eigenvalue weighted by Gasteiger charge is 2.42. The Morgan fingerprint density at radius 3 is 2.63 bits per heavy atom. The standard InChI is InChI=1S/C14H21NO3S/c1-6-17-12(16)9-8-7-13(2,3)18-14(4,5)10(8)19-11(9)15/h6-7,15H2,1-5H3. The van der Waals surface area contributed by atoms with Crippen molar-refractivity contribution in [3.8, 4) is 0 Å². The molecule has 0 saturated heterocycles. The number of hydrogen-bond donors (Lipinski definition) is 1. The van der Waals surface area contributed by atoms with E-state index in [0.717, 1.165) is 10.4 Å². The normalized spacial score (nSPS) is 19.8. The minimum atomic E-state index is -0.430. The number of hydrogen-bond acceptors (Lipinski definition) is 5. The van der Waals surface area contributed by atoms with Gasteiger partial charge in [-0.2, -0.15) is 0 Å². The zero-order chi connectivity index (χ0) is 14.4. The number of esters is 1. The Balaban J connectivity index is 2.56. The van der Waals surface area contributed by atoms with Crippen LogP contribution in [0.3, 0.4) is 0 Å². The van der Waals surface area contributed by atoms with Gasteiger partial charge in [0.25, 0.3) is 0 Å². The first-order valence-electron chi connectivity index (χ1n) is 6.47. The van der Waals surface area contributed by atoms with E-state index in [1.165, 1.54) is 11.3 Å². The number of rotatable bonds is 2. The maximum Gasteiger partial charge on any atom is 0.341 e. The second kappa shape index (κ2) is 4.49. The van der Waals surface area contributed by atoms with Gasteiger partial charge < -0.3 is 15.2 Å². The Hall–Kier alpha value is -1.07. The van der Waals surface area contributed by atoms with E-state index in [1.807, 2.05) is 27.7 Å². The molecule has 0 bridgehead atoms. The molecule has 1 aliphatic heterocycles. The minimum Gasteiger partial charge on any atom is -0.462 e. The van der Waals surface area contributed by atoms with Crippen molar-refractivity contribution < 1.29 is 14.3 Å². The van der Waals surface area contributed by atoms with Crippen molar-refractivity contribution in [1.82, 2.24) is 0 Å². The lowest BCUT2D eigenvalue weighted by atomic mass is 9.86. The Labute approximate surface area is 117 Å². The Morgan fingerprint density at radius 1 is 1.42 bits per heavy atom. The smallest absolute Gasteiger partial charge is 0.341 e. The van der Waals surface area contributed by atoms with Gasteiger partial charge >= 0.3 is 5.97 Å². The largest absolute Gasteiger partial charge is 0.462 e. The van der Waals surface area contributed by atoms with E-state index < -0.39 is 5.60 Å². The summed E-state index contributed by atoms with van der Waals surface area (Å²) in [5.41, 5.74) is 6.80. The molecule has 2 rings (SSSR count). The average molecular weight is 283 g/mol. The minimum absolute atomic E-state index is 0.314. The lowest BCUT2D eigenvalue weighted by molar-refractivity contribution is -0.135. The number of nitrogens with two attached hydrogens (primary N) is 1. The van der Waals surface area contributed by atoms with Gasteiger partial charge in [-0.25, -0.2) is 4.79 Å². The second-order valence-corrected chi connectivity index (χ2v) is 6.97. The molecule has 0 saturated carbocycles. The second-order valence-electron chi connectivity index (χ2n) is 5.92. The molecule has 2 heterocycles. The van der Waals surface area contributed by atoms with Gasteiger partial charge in [-0.15, -0.1) is 11.3 Å². The molecule has 0 radical (unpaired) electrons. The summed E-state index contributed by atoms with van der Waals surface area (Å²) in [7, 11) is 0. The molecule has 0 amide bonds. The molecule has 0 atom stereocenters. The molecule has 106 valence electrons. The summed E-state index contributed by atoms with van der Waals surface area (Å²) in [5.74, 6) is -0.328. The molecular formula is C14H21NO3S. The molecule has 4 nitrogen and oxygen atoms in total. The third kappa shape index (κ3) is 2.49. The zero-order valence-corrected chi connectivity index (χ0v) is 12.9. The third-order valence-corrected chi connectivity index (χ3v) is 4.56. The lowest BCUT2D eigenvalue weighted by Gasteiger charge is -2.41. The number of fused-ring (bicyclic) bond motifs is 1. The molecule has 0 aliphatic carbocycles. The van der Waals surface area contributed by atoms with Gasteiger partial charge in [-0.3, -0.25) is 0 Å². The fourth-order valence-electron chi connectivity index (χ4n) is 2.77. The number of carbonyl (C=O) groups is 1. The molecule has 0 spiro atoms. The number of nitrogen functional groups attached to an aromatic ring is 1. The van der Waals surface area contributed by atoms with Gasteiger partial charge in [0.2, 0.25) is 0 Å². The van der Waals surface area contributed by atoms with Crippen LogP contribution in [0.25, 0.3) is 0 Å². The van der Waals surface area contributed by atoms with Crippen LogP contribution in [0.2, 0.25) is 0 Å². The first-order valence-corrected chi connectivity index (χ1v) is 7.28. The molecule has 1 aromatic rings. The summed E-state index contributed by atoms with van der Waals surface area (Å²) in [6, 6.07) is 0. The van der Waals surface area contributed by atoms with E-state index in [-0.39, 0.29) is 11.6 Å². The molecule has 2 N–H and O–H groups in total. The van der Waals surface area contributed by atoms with Gasteiger partial charge in [-0.1, -0.05) is 0 Å². The van der Waals surface area contributed by atoms with Gasteiger partial charge in [0.1, 0.15) is 5.00 Å². The lowest BCUT2D eigenvalue weighted by Crippen LogP contribution is -2.42. The molecule has 0 aromatic carbocycles. The fraction of sp³-hybridized carbons (Fsp3) is 0.643. The van der Waals surface area contributed by atoms with Gasteiger partial charge in [0.15, 0.2) is 0 Å². The Bertz CT molecular complexity index is 517. The predicted octanol–water partition coefficient (Wildman–Crippen LogP) is 3.09. The number of carbonyl (C=O) groups excluding carboxylic acids is 1. The summed E-state index contributed by atoms with van der Waals surface area (Å²) in [5, 5.41) is 0.526. The van der Waals surface area contributed by atoms with Crippen LogP contribution >= 0.6 is 11.3 Å². The van der Waals surface area contributed by atoms with Crippen molar-refractivity contribution in [2.75, 3.05) is 12.3 Å². The summed E-state index contributed by atoms with van der Waals surface area (Å²) < 4.78 is 11.2. The maximum atomic E-state index is 12.1. The Morgan fingerprint density at radius 2 is 2.05 bits per heavy atom. The number of thiophene rings is 1. The highest BCUT2D eigenvalue weighted by Crippen LogP contribution is 2.47. The van der Waals surface area contributed by atoms with Crippen LogP contribution in [0.15, 0.2) is 0 Å². The number of ether oxygens (including phenoxy) is 2. The molecule has 0 fully saturated rings. The first-order chi connectivity index (χ1) is 8.68. The molecule has 1 aliphatic rings. The van der Waals surface area contributed by atoms with Crippen molar-refractivity contribution in [3.63, 3.8) is 0 Å². The van der Waals surface area contributed by atoms with E-state index >= 15 is 0 Å². The topological polar surface area (TPSA) is 61.5 Å². The van der Waals surface area contributed by atoms with Crippen LogP contribution in [0, 0.1) is 0 Å². The summed E-state index contributed by atoms with van der Waals surface area (Å²) in [6.07, 6.45) is 0.674. The van der Waals surface area contributed by atoms with Crippen LogP contribution in [0.4, 0.5) is 5.00 Å². The molecular weight excluding hydrogens is 262 g/mol. The molecule has 0 unspecified atom stereocenters. The van der Waals surface area contributed by atoms with Crippen LogP contribution < -0.4 is 5.73 Å². The quantitative estimate of drug-likeness (QED) is 0.847. The third-order valence-electron chi connectivity index (χ3n) is 3.19. The molecule has 5 heteroatoms. The van der Waals surface area contributed by atoms with E-state index in [0.29, 0.717) is 23.6 Å². The fourth-order valence-corrected chi connectivity index (χ4v) is 3.88. The average Bonchev–Trinajstić information content (AvgIpc) is 2.53. The van der Waals surface area contributed by atoms with Crippen LogP contribution in [0.1, 0.15) is 55.4 Å². The summed E-state index contributed by atoms with van der Waals surface area (Å²) >= 11 is 1.43. The van der Waals surface area contributed by atoms with Crippen LogP contribution in [-0.4, -0.2) is 18.2 Å². The van der Waals surface area contributed by atoms with Crippen LogP contribution in [-0.2, 0) is 21.5 Å². The van der Waals surface area contributed by atoms with Gasteiger partial charge in [0, 0.05) is 11.3 Å². The zero-order valence-electron chi connectivity index (χ0n) is 12.1. The first kappa shape index (κ1) is 14.3. The highest BCUT2D eigenvalue weighted by atomic mass is 32.1. The Kier molecular flexibility index (Phi) is 3.39.